The fourth-order valence-electron chi connectivity index (χ4n) is 2.78. The van der Waals surface area contributed by atoms with Crippen molar-refractivity contribution < 1.29 is 22.3 Å². The molecule has 2 aromatic heterocycles. The lowest BCUT2D eigenvalue weighted by Gasteiger charge is -2.19. The van der Waals surface area contributed by atoms with Crippen LogP contribution < -0.4 is 10.2 Å². The van der Waals surface area contributed by atoms with Gasteiger partial charge in [0, 0.05) is 37.4 Å². The number of pyridine rings is 1. The molecular formula is C19H23Cl3F2N5O3S-. The fraction of sp³-hybridized carbons (Fsp3) is 0.526. The van der Waals surface area contributed by atoms with E-state index in [9.17, 15) is 22.3 Å². The van der Waals surface area contributed by atoms with Crippen molar-refractivity contribution in [1.82, 2.24) is 20.1 Å². The Labute approximate surface area is 207 Å². The van der Waals surface area contributed by atoms with Crippen LogP contribution in [0.3, 0.4) is 0 Å². The highest BCUT2D eigenvalue weighted by atomic mass is 35.5. The Morgan fingerprint density at radius 1 is 1.48 bits per heavy atom. The number of anilines is 1. The van der Waals surface area contributed by atoms with E-state index in [1.165, 1.54) is 9.58 Å². The number of nitrogens with zero attached hydrogens (tertiary/aromatic N) is 4. The van der Waals surface area contributed by atoms with Crippen molar-refractivity contribution >= 4 is 57.5 Å². The summed E-state index contributed by atoms with van der Waals surface area (Å²) >= 11 is 15.2. The Morgan fingerprint density at radius 2 is 2.18 bits per heavy atom. The summed E-state index contributed by atoms with van der Waals surface area (Å²) in [7, 11) is 0. The number of carbonyl (C=O) groups excluding carboxylic acids is 1. The molecule has 0 aliphatic heterocycles. The molecule has 0 saturated heterocycles. The number of aromatic nitrogens is 3. The van der Waals surface area contributed by atoms with E-state index in [0.29, 0.717) is 24.3 Å². The second-order valence-corrected chi connectivity index (χ2v) is 9.92. The van der Waals surface area contributed by atoms with Gasteiger partial charge in [0.25, 0.3) is 6.43 Å². The molecule has 1 amide bonds. The van der Waals surface area contributed by atoms with E-state index >= 15 is 0 Å². The first-order chi connectivity index (χ1) is 15.5. The third kappa shape index (κ3) is 9.06. The lowest BCUT2D eigenvalue weighted by Crippen LogP contribution is -2.34. The average Bonchev–Trinajstić information content (AvgIpc) is 3.15. The Hall–Kier alpha value is -1.37. The zero-order valence-electron chi connectivity index (χ0n) is 17.6. The van der Waals surface area contributed by atoms with Gasteiger partial charge in [0.05, 0.1) is 24.6 Å². The first kappa shape index (κ1) is 27.9. The van der Waals surface area contributed by atoms with Crippen molar-refractivity contribution in [2.24, 2.45) is 5.92 Å². The van der Waals surface area contributed by atoms with E-state index in [1.54, 1.807) is 24.7 Å². The Balaban J connectivity index is 0.000000357. The van der Waals surface area contributed by atoms with Crippen LogP contribution in [0.2, 0.25) is 5.15 Å². The quantitative estimate of drug-likeness (QED) is 0.278. The summed E-state index contributed by atoms with van der Waals surface area (Å²) in [5.74, 6) is -0.168. The highest BCUT2D eigenvalue weighted by molar-refractivity contribution is 7.79. The smallest absolute Gasteiger partial charge is 0.250 e. The minimum atomic E-state index is -2.44. The predicted octanol–water partition coefficient (Wildman–Crippen LogP) is 3.58. The molecule has 1 N–H and O–H groups in total. The molecule has 14 heteroatoms. The van der Waals surface area contributed by atoms with Crippen LogP contribution >= 0.6 is 34.8 Å². The molecule has 0 radical (unpaired) electrons. The van der Waals surface area contributed by atoms with Crippen LogP contribution in [-0.2, 0) is 15.9 Å². The molecule has 2 unspecified atom stereocenters. The van der Waals surface area contributed by atoms with Gasteiger partial charge in [-0.2, -0.15) is 5.10 Å². The number of alkyl halides is 4. The molecule has 3 rings (SSSR count). The van der Waals surface area contributed by atoms with Gasteiger partial charge < -0.3 is 14.8 Å². The number of amides is 1. The largest absolute Gasteiger partial charge is 0.772 e. The maximum Gasteiger partial charge on any atom is 0.250 e. The van der Waals surface area contributed by atoms with E-state index in [4.69, 9.17) is 34.8 Å². The van der Waals surface area contributed by atoms with Gasteiger partial charge in [-0.25, -0.2) is 13.5 Å². The highest BCUT2D eigenvalue weighted by Crippen LogP contribution is 2.53. The van der Waals surface area contributed by atoms with E-state index < -0.39 is 28.4 Å². The molecule has 0 spiro atoms. The van der Waals surface area contributed by atoms with Gasteiger partial charge in [-0.3, -0.25) is 14.0 Å². The number of nitrogens with one attached hydrogen (secondary N) is 1. The zero-order valence-corrected chi connectivity index (χ0v) is 20.7. The Bertz CT molecular complexity index is 937. The minimum absolute atomic E-state index is 0.0424. The van der Waals surface area contributed by atoms with Crippen LogP contribution in [0.4, 0.5) is 14.5 Å². The average molecular weight is 546 g/mol. The predicted molar refractivity (Wildman–Crippen MR) is 124 cm³/mol. The Kier molecular flexibility index (Phi) is 10.9. The van der Waals surface area contributed by atoms with Gasteiger partial charge >= 0.3 is 0 Å². The zero-order chi connectivity index (χ0) is 24.6. The lowest BCUT2D eigenvalue weighted by molar-refractivity contribution is -0.118. The van der Waals surface area contributed by atoms with Crippen molar-refractivity contribution in [3.05, 3.63) is 35.9 Å². The van der Waals surface area contributed by atoms with E-state index in [1.807, 2.05) is 13.0 Å². The molecule has 1 saturated carbocycles. The molecule has 184 valence electrons. The number of rotatable bonds is 10. The minimum Gasteiger partial charge on any atom is -0.772 e. The van der Waals surface area contributed by atoms with Crippen LogP contribution in [-0.4, -0.2) is 65.6 Å². The number of carbonyl (C=O) groups is 1. The van der Waals surface area contributed by atoms with Gasteiger partial charge in [0.1, 0.15) is 10.0 Å². The number of hydrogen-bond acceptors (Lipinski definition) is 6. The molecule has 1 fully saturated rings. The molecule has 1 aliphatic rings. The molecule has 2 atom stereocenters. The maximum atomic E-state index is 12.3. The SMILES string of the molecule is CCN(C(=O)CCNCC(F)F)c1cn(-c2cccnc2)nc1Cl.O=S([O-])CC1CC1(Cl)Cl. The normalized spacial score (nSPS) is 17.3. The second kappa shape index (κ2) is 12.9. The van der Waals surface area contributed by atoms with Gasteiger partial charge in [0.15, 0.2) is 5.15 Å². The first-order valence-electron chi connectivity index (χ1n) is 9.93. The summed E-state index contributed by atoms with van der Waals surface area (Å²) in [6, 6.07) is 3.58. The molecule has 8 nitrogen and oxygen atoms in total. The van der Waals surface area contributed by atoms with E-state index in [2.05, 4.69) is 15.4 Å². The van der Waals surface area contributed by atoms with Crippen LogP contribution in [0.25, 0.3) is 5.69 Å². The molecule has 0 bridgehead atoms. The molecule has 1 aliphatic carbocycles. The molecule has 2 heterocycles. The second-order valence-electron chi connectivity index (χ2n) is 7.08. The summed E-state index contributed by atoms with van der Waals surface area (Å²) < 4.78 is 45.0. The van der Waals surface area contributed by atoms with E-state index in [0.717, 1.165) is 0 Å². The van der Waals surface area contributed by atoms with Crippen LogP contribution in [0, 0.1) is 5.92 Å². The third-order valence-corrected chi connectivity index (χ3v) is 6.45. The van der Waals surface area contributed by atoms with Crippen LogP contribution in [0.15, 0.2) is 30.7 Å². The molecule has 33 heavy (non-hydrogen) atoms. The Morgan fingerprint density at radius 3 is 2.67 bits per heavy atom. The summed E-state index contributed by atoms with van der Waals surface area (Å²) in [5.41, 5.74) is 1.19. The van der Waals surface area contributed by atoms with Gasteiger partial charge in [-0.05, 0) is 25.5 Å². The monoisotopic (exact) mass is 544 g/mol. The van der Waals surface area contributed by atoms with Crippen molar-refractivity contribution in [3.8, 4) is 5.69 Å². The molecular weight excluding hydrogens is 523 g/mol. The van der Waals surface area contributed by atoms with Crippen molar-refractivity contribution in [1.29, 1.82) is 0 Å². The van der Waals surface area contributed by atoms with E-state index in [-0.39, 0.29) is 35.7 Å². The van der Waals surface area contributed by atoms with Crippen LogP contribution in [0.5, 0.6) is 0 Å². The highest BCUT2D eigenvalue weighted by Gasteiger charge is 2.51. The third-order valence-electron chi connectivity index (χ3n) is 4.58. The number of hydrogen-bond donors (Lipinski definition) is 1. The van der Waals surface area contributed by atoms with Gasteiger partial charge in [0.2, 0.25) is 5.91 Å². The molecule has 0 aromatic carbocycles. The standard InChI is InChI=1S/C15H18ClF2N5O.C4H6Cl2O2S/c1-2-22(14(24)5-7-20-9-13(17)18)12-10-23(21-15(12)16)11-4-3-6-19-8-11;5-4(6)1-3(4)2-9(7)8/h3-4,6,8,10,13,20H,2,5,7,9H2,1H3;3H,1-2H2,(H,7,8)/p-1. The lowest BCUT2D eigenvalue weighted by atomic mass is 10.3. The molecule has 2 aromatic rings. The number of halogens is 5. The summed E-state index contributed by atoms with van der Waals surface area (Å²) in [6.07, 6.45) is 3.17. The van der Waals surface area contributed by atoms with Gasteiger partial charge in [-0.15, -0.1) is 23.2 Å². The maximum absolute atomic E-state index is 12.3. The summed E-state index contributed by atoms with van der Waals surface area (Å²) in [5, 5.41) is 6.91. The van der Waals surface area contributed by atoms with Crippen LogP contribution in [0.1, 0.15) is 19.8 Å². The fourth-order valence-corrected chi connectivity index (χ4v) is 4.46. The van der Waals surface area contributed by atoms with Crippen molar-refractivity contribution in [2.75, 3.05) is 30.3 Å². The van der Waals surface area contributed by atoms with Crippen molar-refractivity contribution in [2.45, 2.75) is 30.5 Å². The van der Waals surface area contributed by atoms with Crippen molar-refractivity contribution in [3.63, 3.8) is 0 Å². The summed E-state index contributed by atoms with van der Waals surface area (Å²) in [4.78, 5) is 17.8. The topological polar surface area (TPSA) is 103 Å². The van der Waals surface area contributed by atoms with Gasteiger partial charge in [-0.1, -0.05) is 22.7 Å². The first-order valence-corrected chi connectivity index (χ1v) is 12.3. The summed E-state index contributed by atoms with van der Waals surface area (Å²) in [6.45, 7) is 1.95.